The molecule has 0 radical (unpaired) electrons. The lowest BCUT2D eigenvalue weighted by Gasteiger charge is -2.60. The third-order valence-corrected chi connectivity index (χ3v) is 7.91. The van der Waals surface area contributed by atoms with Gasteiger partial charge in [0, 0.05) is 18.2 Å². The van der Waals surface area contributed by atoms with Crippen molar-refractivity contribution >= 4 is 28.9 Å². The molecule has 0 spiro atoms. The Morgan fingerprint density at radius 2 is 2.03 bits per heavy atom. The zero-order valence-electron chi connectivity index (χ0n) is 18.8. The molecule has 2 N–H and O–H groups in total. The summed E-state index contributed by atoms with van der Waals surface area (Å²) < 4.78 is 7.66. The number of nitrogens with zero attached hydrogens (tertiary/aromatic N) is 4. The molecule has 0 aliphatic heterocycles. The van der Waals surface area contributed by atoms with Crippen molar-refractivity contribution in [1.82, 2.24) is 14.8 Å². The molecule has 4 bridgehead atoms. The number of carbonyl (C=O) groups is 1. The summed E-state index contributed by atoms with van der Waals surface area (Å²) in [5.74, 6) is 1.50. The number of aromatic amines is 1. The van der Waals surface area contributed by atoms with Gasteiger partial charge in [0.2, 0.25) is 17.4 Å². The standard InChI is InChI=1S/C24H23ClN6O4/c25-22-27-14-30(29-22)24-10-15-4-16(11-24)9-23(8-15,13-24)21(32)28-17-5-18(31(33)34)7-20(6-17)35-19-2-1-3-26-12-19/h1-3,5-7,12,14-16H,4,8-11,13H2,(H,28,32)/p+1. The fraction of sp³-hybridized carbons (Fsp3) is 0.417. The Morgan fingerprint density at radius 3 is 2.69 bits per heavy atom. The first kappa shape index (κ1) is 22.0. The average molecular weight is 496 g/mol. The van der Waals surface area contributed by atoms with Crippen molar-refractivity contribution in [3.63, 3.8) is 0 Å². The van der Waals surface area contributed by atoms with E-state index in [1.807, 2.05) is 4.68 Å². The minimum Gasteiger partial charge on any atom is -0.451 e. The maximum absolute atomic E-state index is 13.8. The Morgan fingerprint density at radius 1 is 1.23 bits per heavy atom. The molecule has 180 valence electrons. The molecule has 2 unspecified atom stereocenters. The molecular formula is C24H24ClN6O4+. The molecule has 2 atom stereocenters. The monoisotopic (exact) mass is 495 g/mol. The van der Waals surface area contributed by atoms with Gasteiger partial charge in [-0.3, -0.25) is 14.9 Å². The molecule has 2 heterocycles. The highest BCUT2D eigenvalue weighted by atomic mass is 35.5. The average Bonchev–Trinajstić information content (AvgIpc) is 3.26. The summed E-state index contributed by atoms with van der Waals surface area (Å²) in [6, 6.07) is 7.83. The molecule has 4 saturated carbocycles. The van der Waals surface area contributed by atoms with Gasteiger partial charge in [0.25, 0.3) is 5.69 Å². The van der Waals surface area contributed by atoms with E-state index in [-0.39, 0.29) is 28.2 Å². The quantitative estimate of drug-likeness (QED) is 0.399. The van der Waals surface area contributed by atoms with Crippen LogP contribution in [0.15, 0.2) is 49.1 Å². The Balaban J connectivity index is 1.30. The number of pyridine rings is 1. The lowest BCUT2D eigenvalue weighted by atomic mass is 9.46. The van der Waals surface area contributed by atoms with E-state index >= 15 is 0 Å². The van der Waals surface area contributed by atoms with Crippen molar-refractivity contribution in [3.8, 4) is 11.5 Å². The highest BCUT2D eigenvalue weighted by Crippen LogP contribution is 2.64. The summed E-state index contributed by atoms with van der Waals surface area (Å²) in [5, 5.41) is 19.2. The molecule has 4 aliphatic rings. The van der Waals surface area contributed by atoms with Crippen molar-refractivity contribution in [2.75, 3.05) is 5.32 Å². The van der Waals surface area contributed by atoms with Crippen LogP contribution in [-0.4, -0.2) is 25.6 Å². The highest BCUT2D eigenvalue weighted by Gasteiger charge is 2.61. The van der Waals surface area contributed by atoms with E-state index in [4.69, 9.17) is 16.3 Å². The van der Waals surface area contributed by atoms with E-state index in [1.165, 1.54) is 12.1 Å². The van der Waals surface area contributed by atoms with E-state index in [1.54, 1.807) is 36.9 Å². The molecule has 0 saturated heterocycles. The van der Waals surface area contributed by atoms with Crippen LogP contribution in [0.1, 0.15) is 38.5 Å². The van der Waals surface area contributed by atoms with Gasteiger partial charge in [0.15, 0.2) is 11.9 Å². The van der Waals surface area contributed by atoms with E-state index < -0.39 is 10.3 Å². The number of rotatable bonds is 6. The van der Waals surface area contributed by atoms with Gasteiger partial charge >= 0.3 is 0 Å². The predicted molar refractivity (Wildman–Crippen MR) is 125 cm³/mol. The molecule has 3 aromatic rings. The van der Waals surface area contributed by atoms with Gasteiger partial charge in [-0.05, 0) is 68.0 Å². The second kappa shape index (κ2) is 8.01. The molecule has 4 fully saturated rings. The lowest BCUT2D eigenvalue weighted by Crippen LogP contribution is -2.60. The van der Waals surface area contributed by atoms with Gasteiger partial charge in [0.1, 0.15) is 12.1 Å². The first-order valence-electron chi connectivity index (χ1n) is 11.7. The number of H-pyrrole nitrogens is 1. The van der Waals surface area contributed by atoms with Crippen LogP contribution in [0.2, 0.25) is 5.28 Å². The molecule has 35 heavy (non-hydrogen) atoms. The molecule has 10 nitrogen and oxygen atoms in total. The zero-order valence-corrected chi connectivity index (χ0v) is 19.6. The second-order valence-electron chi connectivity index (χ2n) is 10.2. The predicted octanol–water partition coefficient (Wildman–Crippen LogP) is 4.38. The summed E-state index contributed by atoms with van der Waals surface area (Å²) in [7, 11) is 0. The zero-order chi connectivity index (χ0) is 24.2. The number of nitro groups is 1. The minimum absolute atomic E-state index is 0.110. The van der Waals surface area contributed by atoms with Crippen LogP contribution in [0.4, 0.5) is 11.4 Å². The summed E-state index contributed by atoms with van der Waals surface area (Å²) in [6.45, 7) is 0. The molecule has 11 heteroatoms. The number of aromatic nitrogens is 4. The number of nitro benzene ring substituents is 1. The van der Waals surface area contributed by atoms with Crippen LogP contribution >= 0.6 is 11.6 Å². The number of carbonyl (C=O) groups excluding carboxylic acids is 1. The van der Waals surface area contributed by atoms with E-state index in [2.05, 4.69) is 20.4 Å². The minimum atomic E-state index is -0.567. The van der Waals surface area contributed by atoms with Crippen molar-refractivity contribution in [2.45, 2.75) is 44.1 Å². The number of hydrogen-bond acceptors (Lipinski definition) is 6. The first-order chi connectivity index (χ1) is 16.8. The number of halogens is 1. The van der Waals surface area contributed by atoms with E-state index in [0.29, 0.717) is 29.7 Å². The van der Waals surface area contributed by atoms with Crippen LogP contribution in [0, 0.1) is 27.4 Å². The Kier molecular flexibility index (Phi) is 5.03. The summed E-state index contributed by atoms with van der Waals surface area (Å²) >= 11 is 6.03. The Bertz CT molecular complexity index is 1300. The number of amides is 1. The molecule has 4 aliphatic carbocycles. The van der Waals surface area contributed by atoms with Crippen molar-refractivity contribution in [3.05, 3.63) is 64.5 Å². The number of hydrogen-bond donors (Lipinski definition) is 1. The van der Waals surface area contributed by atoms with E-state index in [9.17, 15) is 14.9 Å². The summed E-state index contributed by atoms with van der Waals surface area (Å²) in [4.78, 5) is 31.9. The van der Waals surface area contributed by atoms with Crippen molar-refractivity contribution < 1.29 is 19.4 Å². The van der Waals surface area contributed by atoms with Gasteiger partial charge in [-0.15, -0.1) is 5.10 Å². The molecule has 7 rings (SSSR count). The van der Waals surface area contributed by atoms with Crippen LogP contribution in [0.25, 0.3) is 0 Å². The normalized spacial score (nSPS) is 28.6. The largest absolute Gasteiger partial charge is 0.451 e. The van der Waals surface area contributed by atoms with Crippen LogP contribution in [-0.2, 0) is 10.3 Å². The highest BCUT2D eigenvalue weighted by molar-refractivity contribution is 6.28. The maximum atomic E-state index is 13.8. The van der Waals surface area contributed by atoms with Gasteiger partial charge in [-0.1, -0.05) is 0 Å². The Labute approximate surface area is 205 Å². The number of anilines is 1. The van der Waals surface area contributed by atoms with Crippen LogP contribution in [0.3, 0.4) is 0 Å². The van der Waals surface area contributed by atoms with Gasteiger partial charge in [-0.25, -0.2) is 14.6 Å². The fourth-order valence-corrected chi connectivity index (χ4v) is 7.00. The third-order valence-electron chi connectivity index (χ3n) is 7.74. The smallest absolute Gasteiger partial charge is 0.275 e. The molecular weight excluding hydrogens is 472 g/mol. The number of ether oxygens (including phenoxy) is 1. The van der Waals surface area contributed by atoms with E-state index in [0.717, 1.165) is 32.1 Å². The lowest BCUT2D eigenvalue weighted by molar-refractivity contribution is -0.384. The van der Waals surface area contributed by atoms with Gasteiger partial charge < -0.3 is 10.1 Å². The molecule has 1 aromatic carbocycles. The van der Waals surface area contributed by atoms with Crippen molar-refractivity contribution in [2.24, 2.45) is 17.3 Å². The second-order valence-corrected chi connectivity index (χ2v) is 10.5. The van der Waals surface area contributed by atoms with Crippen LogP contribution < -0.4 is 15.0 Å². The first-order valence-corrected chi connectivity index (χ1v) is 12.0. The van der Waals surface area contributed by atoms with Crippen molar-refractivity contribution in [1.29, 1.82) is 0 Å². The number of nitrogens with one attached hydrogen (secondary N) is 2. The van der Waals surface area contributed by atoms with Gasteiger partial charge in [0.05, 0.1) is 27.6 Å². The Hall–Kier alpha value is -3.53. The van der Waals surface area contributed by atoms with Gasteiger partial charge in [-0.2, -0.15) is 0 Å². The maximum Gasteiger partial charge on any atom is 0.275 e. The molecule has 1 amide bonds. The summed E-state index contributed by atoms with van der Waals surface area (Å²) in [5.41, 5.74) is -0.658. The summed E-state index contributed by atoms with van der Waals surface area (Å²) in [6.07, 6.45) is 10.3. The fourth-order valence-electron chi connectivity index (χ4n) is 6.88. The van der Waals surface area contributed by atoms with Crippen LogP contribution in [0.5, 0.6) is 11.5 Å². The number of benzene rings is 1. The number of non-ortho nitro benzene ring substituents is 1. The SMILES string of the molecule is O=C(Nc1cc(Oc2ccc[nH+]c2)cc([N+](=O)[O-])c1)C12CC3CC(C1)CC(n1cnc(Cl)n1)(C3)C2. The topological polar surface area (TPSA) is 126 Å². The third kappa shape index (κ3) is 3.91. The molecule has 2 aromatic heterocycles.